The second-order valence-electron chi connectivity index (χ2n) is 13.1. The molecular weight excluding hydrogens is 641 g/mol. The summed E-state index contributed by atoms with van der Waals surface area (Å²) in [5.74, 6) is 1.01. The number of allylic oxidation sites excluding steroid dienone is 1. The molecule has 0 unspecified atom stereocenters. The van der Waals surface area contributed by atoms with Crippen molar-refractivity contribution in [3.63, 3.8) is 0 Å². The van der Waals surface area contributed by atoms with Crippen LogP contribution >= 0.6 is 23.2 Å². The molecule has 250 valence electrons. The molecule has 0 aliphatic heterocycles. The Labute approximate surface area is 293 Å². The molecule has 0 saturated carbocycles. The SMILES string of the molecule is Cc1cc(OCCCc2c(C=O)n(CCN(C)c3cn(C)c4c3CCC=C4)c3c(-c4c(C)cc(O)cc4C)c(Cl)ccc23)cc(C)c1Cl. The summed E-state index contributed by atoms with van der Waals surface area (Å²) in [6, 6.07) is 11.4. The monoisotopic (exact) mass is 683 g/mol. The molecule has 0 saturated heterocycles. The number of anilines is 1. The highest BCUT2D eigenvalue weighted by molar-refractivity contribution is 6.35. The molecule has 1 aliphatic carbocycles. The third-order valence-electron chi connectivity index (χ3n) is 9.67. The van der Waals surface area contributed by atoms with E-state index in [1.165, 1.54) is 16.9 Å². The van der Waals surface area contributed by atoms with Gasteiger partial charge in [0.25, 0.3) is 0 Å². The zero-order chi connectivity index (χ0) is 34.3. The van der Waals surface area contributed by atoms with Crippen LogP contribution < -0.4 is 9.64 Å². The zero-order valence-electron chi connectivity index (χ0n) is 28.6. The Bertz CT molecular complexity index is 2020. The van der Waals surface area contributed by atoms with Crippen LogP contribution in [0.1, 0.15) is 62.4 Å². The van der Waals surface area contributed by atoms with E-state index >= 15 is 0 Å². The van der Waals surface area contributed by atoms with E-state index in [9.17, 15) is 9.90 Å². The van der Waals surface area contributed by atoms with E-state index in [2.05, 4.69) is 46.5 Å². The number of carbonyl (C=O) groups is 1. The Balaban J connectivity index is 1.40. The molecule has 0 fully saturated rings. The Morgan fingerprint density at radius 1 is 1.00 bits per heavy atom. The average Bonchev–Trinajstić information content (AvgIpc) is 3.55. The molecule has 0 amide bonds. The number of halogens is 2. The first kappa shape index (κ1) is 33.8. The Hall–Kier alpha value is -4.13. The standard InChI is InChI=1S/C40H43Cl2N3O3/c1-24-18-28(47)19-25(2)37(24)38-33(41)14-13-31-30(11-9-17-48-29-20-26(3)39(42)27(4)21-29)36(23-46)45(40(31)38)16-15-43(5)35-22-44(6)34-12-8-7-10-32(34)35/h8,12-14,18-23,47H,7,9-11,15-17H2,1-6H3. The van der Waals surface area contributed by atoms with Crippen molar-refractivity contribution < 1.29 is 14.6 Å². The maximum Gasteiger partial charge on any atom is 0.166 e. The number of rotatable bonds is 11. The fourth-order valence-corrected chi connectivity index (χ4v) is 7.77. The molecule has 6 rings (SSSR count). The summed E-state index contributed by atoms with van der Waals surface area (Å²) in [6.07, 6.45) is 11.1. The van der Waals surface area contributed by atoms with Crippen LogP contribution in [-0.4, -0.2) is 40.7 Å². The number of hydrogen-bond acceptors (Lipinski definition) is 4. The number of aryl methyl sites for hydroxylation is 6. The second kappa shape index (κ2) is 13.8. The van der Waals surface area contributed by atoms with Crippen LogP contribution in [0.4, 0.5) is 5.69 Å². The van der Waals surface area contributed by atoms with Gasteiger partial charge in [-0.1, -0.05) is 35.3 Å². The van der Waals surface area contributed by atoms with Crippen LogP contribution in [0.2, 0.25) is 10.0 Å². The van der Waals surface area contributed by atoms with Gasteiger partial charge in [0.05, 0.1) is 28.5 Å². The lowest BCUT2D eigenvalue weighted by Crippen LogP contribution is -2.24. The first-order valence-electron chi connectivity index (χ1n) is 16.5. The Kier molecular flexibility index (Phi) is 9.69. The van der Waals surface area contributed by atoms with E-state index in [0.717, 1.165) is 86.2 Å². The summed E-state index contributed by atoms with van der Waals surface area (Å²) in [4.78, 5) is 15.3. The third kappa shape index (κ3) is 6.24. The largest absolute Gasteiger partial charge is 0.508 e. The molecule has 1 N–H and O–H groups in total. The van der Waals surface area contributed by atoms with E-state index < -0.39 is 0 Å². The molecule has 8 heteroatoms. The number of likely N-dealkylation sites (N-methyl/N-ethyl adjacent to an activating group) is 1. The number of aromatic hydroxyl groups is 1. The molecule has 0 atom stereocenters. The van der Waals surface area contributed by atoms with Crippen molar-refractivity contribution >= 4 is 52.2 Å². The minimum absolute atomic E-state index is 0.218. The fraction of sp³-hybridized carbons (Fsp3) is 0.325. The maximum atomic E-state index is 13.0. The molecule has 0 spiro atoms. The molecule has 0 bridgehead atoms. The highest BCUT2D eigenvalue weighted by atomic mass is 35.5. The summed E-state index contributed by atoms with van der Waals surface area (Å²) in [6.45, 7) is 9.72. The summed E-state index contributed by atoms with van der Waals surface area (Å²) < 4.78 is 10.5. The molecule has 0 radical (unpaired) electrons. The van der Waals surface area contributed by atoms with Gasteiger partial charge in [0.15, 0.2) is 6.29 Å². The number of aldehydes is 1. The number of benzene rings is 3. The van der Waals surface area contributed by atoms with E-state index in [4.69, 9.17) is 27.9 Å². The molecular formula is C40H43Cl2N3O3. The highest BCUT2D eigenvalue weighted by Crippen LogP contribution is 2.43. The number of nitrogens with zero attached hydrogens (tertiary/aromatic N) is 3. The smallest absolute Gasteiger partial charge is 0.166 e. The van der Waals surface area contributed by atoms with Crippen LogP contribution in [0.3, 0.4) is 0 Å². The molecule has 3 aromatic carbocycles. The van der Waals surface area contributed by atoms with Crippen LogP contribution in [0.15, 0.2) is 48.7 Å². The van der Waals surface area contributed by atoms with Crippen molar-refractivity contribution in [3.8, 4) is 22.6 Å². The number of phenolic OH excluding ortho intramolecular Hbond substituents is 1. The van der Waals surface area contributed by atoms with E-state index in [1.54, 1.807) is 12.1 Å². The van der Waals surface area contributed by atoms with Crippen molar-refractivity contribution in [2.75, 3.05) is 25.1 Å². The number of hydrogen-bond donors (Lipinski definition) is 1. The Morgan fingerprint density at radius 3 is 2.40 bits per heavy atom. The number of fused-ring (bicyclic) bond motifs is 2. The van der Waals surface area contributed by atoms with Gasteiger partial charge in [0.2, 0.25) is 0 Å². The minimum atomic E-state index is 0.218. The van der Waals surface area contributed by atoms with Crippen molar-refractivity contribution in [1.29, 1.82) is 0 Å². The number of ether oxygens (including phenoxy) is 1. The van der Waals surface area contributed by atoms with Gasteiger partial charge >= 0.3 is 0 Å². The number of carbonyl (C=O) groups excluding carboxylic acids is 1. The van der Waals surface area contributed by atoms with Gasteiger partial charge in [-0.15, -0.1) is 0 Å². The van der Waals surface area contributed by atoms with Gasteiger partial charge in [0, 0.05) is 60.6 Å². The lowest BCUT2D eigenvalue weighted by atomic mass is 9.93. The molecule has 6 nitrogen and oxygen atoms in total. The molecule has 48 heavy (non-hydrogen) atoms. The topological polar surface area (TPSA) is 59.6 Å². The number of aromatic nitrogens is 2. The molecule has 5 aromatic rings. The van der Waals surface area contributed by atoms with Gasteiger partial charge in [-0.25, -0.2) is 0 Å². The van der Waals surface area contributed by atoms with Gasteiger partial charge in [-0.05, 0) is 123 Å². The van der Waals surface area contributed by atoms with Crippen molar-refractivity contribution in [3.05, 3.63) is 103 Å². The summed E-state index contributed by atoms with van der Waals surface area (Å²) in [7, 11) is 4.22. The lowest BCUT2D eigenvalue weighted by Gasteiger charge is -2.22. The van der Waals surface area contributed by atoms with Crippen molar-refractivity contribution in [2.45, 2.75) is 59.9 Å². The van der Waals surface area contributed by atoms with Gasteiger partial charge in [0.1, 0.15) is 11.5 Å². The summed E-state index contributed by atoms with van der Waals surface area (Å²) >= 11 is 13.4. The zero-order valence-corrected chi connectivity index (χ0v) is 30.1. The normalized spacial score (nSPS) is 12.5. The van der Waals surface area contributed by atoms with Crippen molar-refractivity contribution in [1.82, 2.24) is 9.13 Å². The van der Waals surface area contributed by atoms with Gasteiger partial charge in [-0.2, -0.15) is 0 Å². The minimum Gasteiger partial charge on any atom is -0.508 e. The first-order valence-corrected chi connectivity index (χ1v) is 17.3. The van der Waals surface area contributed by atoms with E-state index in [-0.39, 0.29) is 5.75 Å². The summed E-state index contributed by atoms with van der Waals surface area (Å²) in [5, 5.41) is 12.7. The van der Waals surface area contributed by atoms with Gasteiger partial charge < -0.3 is 23.9 Å². The maximum absolute atomic E-state index is 13.0. The average molecular weight is 685 g/mol. The predicted molar refractivity (Wildman–Crippen MR) is 200 cm³/mol. The molecule has 2 heterocycles. The fourth-order valence-electron chi connectivity index (χ4n) is 7.41. The summed E-state index contributed by atoms with van der Waals surface area (Å²) in [5.41, 5.74) is 12.1. The molecule has 2 aromatic heterocycles. The number of phenols is 1. The van der Waals surface area contributed by atoms with Crippen LogP contribution in [0, 0.1) is 27.7 Å². The second-order valence-corrected chi connectivity index (χ2v) is 13.9. The van der Waals surface area contributed by atoms with Crippen LogP contribution in [0.5, 0.6) is 11.5 Å². The molecule has 1 aliphatic rings. The lowest BCUT2D eigenvalue weighted by molar-refractivity contribution is 0.111. The predicted octanol–water partition coefficient (Wildman–Crippen LogP) is 9.81. The highest BCUT2D eigenvalue weighted by Gasteiger charge is 2.25. The third-order valence-corrected chi connectivity index (χ3v) is 10.6. The van der Waals surface area contributed by atoms with Crippen LogP contribution in [0.25, 0.3) is 28.1 Å². The first-order chi connectivity index (χ1) is 23.0. The van der Waals surface area contributed by atoms with E-state index in [0.29, 0.717) is 36.8 Å². The van der Waals surface area contributed by atoms with Crippen molar-refractivity contribution in [2.24, 2.45) is 7.05 Å². The van der Waals surface area contributed by atoms with Crippen LogP contribution in [-0.2, 0) is 26.4 Å². The van der Waals surface area contributed by atoms with Gasteiger partial charge in [-0.3, -0.25) is 4.79 Å². The van der Waals surface area contributed by atoms with E-state index in [1.807, 2.05) is 52.0 Å². The Morgan fingerprint density at radius 2 is 1.71 bits per heavy atom. The quantitative estimate of drug-likeness (QED) is 0.111.